The zero-order valence-corrected chi connectivity index (χ0v) is 19.1. The molecule has 0 radical (unpaired) electrons. The maximum atomic E-state index is 13.5. The summed E-state index contributed by atoms with van der Waals surface area (Å²) in [7, 11) is 0. The van der Waals surface area contributed by atoms with Gasteiger partial charge in [0.2, 0.25) is 5.95 Å². The molecule has 3 aliphatic rings. The van der Waals surface area contributed by atoms with E-state index >= 15 is 0 Å². The van der Waals surface area contributed by atoms with Crippen LogP contribution in [0.15, 0.2) is 24.5 Å². The van der Waals surface area contributed by atoms with Gasteiger partial charge in [-0.3, -0.25) is 4.79 Å². The number of carbonyl (C=O) groups excluding carboxylic acids is 1. The van der Waals surface area contributed by atoms with Gasteiger partial charge in [0.05, 0.1) is 0 Å². The minimum Gasteiger partial charge on any atom is -0.371 e. The number of nitrogens with one attached hydrogen (secondary N) is 1. The minimum absolute atomic E-state index is 0.0534. The lowest BCUT2D eigenvalue weighted by atomic mass is 9.95. The molecule has 0 saturated carbocycles. The Hall–Kier alpha value is -3.41. The van der Waals surface area contributed by atoms with Gasteiger partial charge < -0.3 is 20.0 Å². The van der Waals surface area contributed by atoms with Crippen LogP contribution >= 0.6 is 0 Å². The Morgan fingerprint density at radius 2 is 2.06 bits per heavy atom. The minimum atomic E-state index is 0.0534. The highest BCUT2D eigenvalue weighted by Crippen LogP contribution is 2.33. The van der Waals surface area contributed by atoms with Crippen molar-refractivity contribution in [2.75, 3.05) is 54.4 Å². The van der Waals surface area contributed by atoms with Crippen molar-refractivity contribution in [1.82, 2.24) is 19.9 Å². The van der Waals surface area contributed by atoms with Gasteiger partial charge in [0.15, 0.2) is 0 Å². The summed E-state index contributed by atoms with van der Waals surface area (Å²) >= 11 is 0. The molecule has 1 atom stereocenters. The van der Waals surface area contributed by atoms with Crippen LogP contribution in [0, 0.1) is 17.2 Å². The van der Waals surface area contributed by atoms with Crippen LogP contribution in [0.4, 0.5) is 17.5 Å². The fraction of sp³-hybridized carbons (Fsp3) is 0.542. The van der Waals surface area contributed by atoms with E-state index in [1.165, 1.54) is 0 Å². The summed E-state index contributed by atoms with van der Waals surface area (Å²) < 4.78 is 0. The predicted molar refractivity (Wildman–Crippen MR) is 126 cm³/mol. The van der Waals surface area contributed by atoms with E-state index in [0.29, 0.717) is 29.2 Å². The lowest BCUT2D eigenvalue weighted by Crippen LogP contribution is -2.44. The average molecular weight is 447 g/mol. The monoisotopic (exact) mass is 446 g/mol. The molecule has 9 heteroatoms. The van der Waals surface area contributed by atoms with Gasteiger partial charge in [-0.15, -0.1) is 0 Å². The molecule has 5 rings (SSSR count). The molecule has 33 heavy (non-hydrogen) atoms. The van der Waals surface area contributed by atoms with Crippen LogP contribution in [0.1, 0.15) is 48.7 Å². The number of carbonyl (C=O) groups is 1. The molecule has 0 aromatic carbocycles. The number of anilines is 3. The van der Waals surface area contributed by atoms with Crippen molar-refractivity contribution in [1.29, 1.82) is 5.26 Å². The van der Waals surface area contributed by atoms with E-state index < -0.39 is 0 Å². The van der Waals surface area contributed by atoms with Crippen LogP contribution < -0.4 is 15.1 Å². The first-order valence-corrected chi connectivity index (χ1v) is 11.9. The lowest BCUT2D eigenvalue weighted by Gasteiger charge is -2.36. The van der Waals surface area contributed by atoms with E-state index in [1.54, 1.807) is 12.4 Å². The van der Waals surface area contributed by atoms with E-state index in [9.17, 15) is 4.79 Å². The van der Waals surface area contributed by atoms with Gasteiger partial charge in [0, 0.05) is 63.4 Å². The van der Waals surface area contributed by atoms with E-state index in [1.807, 2.05) is 24.0 Å². The van der Waals surface area contributed by atoms with E-state index in [-0.39, 0.29) is 5.91 Å². The summed E-state index contributed by atoms with van der Waals surface area (Å²) in [5.74, 6) is 1.89. The zero-order valence-electron chi connectivity index (χ0n) is 19.1. The second kappa shape index (κ2) is 9.22. The number of pyridine rings is 1. The predicted octanol–water partition coefficient (Wildman–Crippen LogP) is 2.52. The highest BCUT2D eigenvalue weighted by atomic mass is 16.2. The summed E-state index contributed by atoms with van der Waals surface area (Å²) in [6, 6.07) is 6.26. The zero-order chi connectivity index (χ0) is 22.8. The smallest absolute Gasteiger partial charge is 0.259 e. The van der Waals surface area contributed by atoms with Gasteiger partial charge in [-0.05, 0) is 50.7 Å². The van der Waals surface area contributed by atoms with Crippen molar-refractivity contribution in [3.8, 4) is 6.07 Å². The summed E-state index contributed by atoms with van der Waals surface area (Å²) in [5, 5.41) is 12.3. The number of piperidine rings is 1. The third kappa shape index (κ3) is 4.30. The Kier molecular flexibility index (Phi) is 5.99. The van der Waals surface area contributed by atoms with Crippen LogP contribution in [-0.4, -0.2) is 71.1 Å². The fourth-order valence-electron chi connectivity index (χ4n) is 5.32. The van der Waals surface area contributed by atoms with Crippen molar-refractivity contribution >= 4 is 23.4 Å². The number of amides is 1. The van der Waals surface area contributed by atoms with Crippen molar-refractivity contribution in [3.63, 3.8) is 0 Å². The molecular formula is C24H30N8O. The van der Waals surface area contributed by atoms with Crippen molar-refractivity contribution < 1.29 is 4.79 Å². The topological polar surface area (TPSA) is 101 Å². The van der Waals surface area contributed by atoms with Crippen molar-refractivity contribution in [2.24, 2.45) is 5.92 Å². The second-order valence-corrected chi connectivity index (χ2v) is 9.10. The molecule has 2 aromatic rings. The number of fused-ring (bicyclic) bond motifs is 3. The molecule has 0 aliphatic carbocycles. The molecule has 1 N–H and O–H groups in total. The quantitative estimate of drug-likeness (QED) is 0.748. The van der Waals surface area contributed by atoms with Gasteiger partial charge in [-0.25, -0.2) is 9.97 Å². The molecule has 0 bridgehead atoms. The molecule has 0 spiro atoms. The average Bonchev–Trinajstić information content (AvgIpc) is 3.28. The Morgan fingerprint density at radius 1 is 1.21 bits per heavy atom. The Labute approximate surface area is 194 Å². The molecule has 0 unspecified atom stereocenters. The maximum Gasteiger partial charge on any atom is 0.259 e. The van der Waals surface area contributed by atoms with Crippen LogP contribution in [0.3, 0.4) is 0 Å². The van der Waals surface area contributed by atoms with Gasteiger partial charge in [0.25, 0.3) is 5.91 Å². The molecule has 9 nitrogen and oxygen atoms in total. The number of hydrogen-bond donors (Lipinski definition) is 1. The molecule has 5 heterocycles. The van der Waals surface area contributed by atoms with Crippen LogP contribution in [0.2, 0.25) is 0 Å². The normalized spacial score (nSPS) is 20.8. The summed E-state index contributed by atoms with van der Waals surface area (Å²) in [4.78, 5) is 33.4. The molecule has 2 fully saturated rings. The van der Waals surface area contributed by atoms with Gasteiger partial charge in [-0.2, -0.15) is 10.2 Å². The Balaban J connectivity index is 1.29. The van der Waals surface area contributed by atoms with Gasteiger partial charge >= 0.3 is 0 Å². The van der Waals surface area contributed by atoms with Gasteiger partial charge in [0.1, 0.15) is 23.1 Å². The summed E-state index contributed by atoms with van der Waals surface area (Å²) in [6.45, 7) is 7.07. The second-order valence-electron chi connectivity index (χ2n) is 9.10. The number of nitrogens with zero attached hydrogens (tertiary/aromatic N) is 7. The highest BCUT2D eigenvalue weighted by molar-refractivity contribution is 5.99. The van der Waals surface area contributed by atoms with Crippen LogP contribution in [0.5, 0.6) is 0 Å². The molecule has 1 amide bonds. The number of hydrogen-bond acceptors (Lipinski definition) is 8. The molecule has 2 aromatic heterocycles. The Bertz CT molecular complexity index is 1060. The van der Waals surface area contributed by atoms with Crippen LogP contribution in [0.25, 0.3) is 0 Å². The number of nitriles is 1. The molecule has 2 saturated heterocycles. The standard InChI is InChI=1S/C24H30N8O/c1-2-26-24-28-14-21-22(29-24)32-9-3-4-20(32)16-31(23(21)33)15-17-6-10-30(11-7-17)19-5-8-27-18(12-19)13-25/h5,8,12,14,17,20H,2-4,6-7,9-11,15-16H2,1H3,(H,26,28,29)/t20-/m0/s1. The maximum absolute atomic E-state index is 13.5. The largest absolute Gasteiger partial charge is 0.371 e. The first-order chi connectivity index (χ1) is 16.2. The molecule has 3 aliphatic heterocycles. The summed E-state index contributed by atoms with van der Waals surface area (Å²) in [5.41, 5.74) is 2.12. The highest BCUT2D eigenvalue weighted by Gasteiger charge is 2.37. The molecular weight excluding hydrogens is 416 g/mol. The number of aromatic nitrogens is 3. The fourth-order valence-corrected chi connectivity index (χ4v) is 5.32. The van der Waals surface area contributed by atoms with Crippen molar-refractivity contribution in [2.45, 2.75) is 38.6 Å². The lowest BCUT2D eigenvalue weighted by molar-refractivity contribution is 0.0716. The van der Waals surface area contributed by atoms with Crippen LogP contribution in [-0.2, 0) is 0 Å². The SMILES string of the molecule is CCNc1ncc2c(n1)N1CCC[C@H]1CN(CC1CCN(c3ccnc(C#N)c3)CC1)C2=O. The van der Waals surface area contributed by atoms with E-state index in [0.717, 1.165) is 76.5 Å². The molecule has 172 valence electrons. The Morgan fingerprint density at radius 3 is 2.85 bits per heavy atom. The van der Waals surface area contributed by atoms with E-state index in [2.05, 4.69) is 31.2 Å². The first kappa shape index (κ1) is 21.4. The third-order valence-electron chi connectivity index (χ3n) is 7.02. The summed E-state index contributed by atoms with van der Waals surface area (Å²) in [6.07, 6.45) is 7.66. The van der Waals surface area contributed by atoms with Crippen molar-refractivity contribution in [3.05, 3.63) is 35.8 Å². The van der Waals surface area contributed by atoms with Gasteiger partial charge in [-0.1, -0.05) is 0 Å². The van der Waals surface area contributed by atoms with E-state index in [4.69, 9.17) is 10.2 Å². The third-order valence-corrected chi connectivity index (χ3v) is 7.02. The first-order valence-electron chi connectivity index (χ1n) is 11.9. The number of rotatable bonds is 5.